The summed E-state index contributed by atoms with van der Waals surface area (Å²) in [5, 5.41) is 5.48. The lowest BCUT2D eigenvalue weighted by atomic mass is 9.89. The predicted octanol–water partition coefficient (Wildman–Crippen LogP) is 2.86. The Labute approximate surface area is 176 Å². The lowest BCUT2D eigenvalue weighted by Crippen LogP contribution is -2.44. The highest BCUT2D eigenvalue weighted by atomic mass is 16.5. The first kappa shape index (κ1) is 21.6. The SMILES string of the molecule is O=C(COC(=O)[C@H](Cc1ccccc1)NC(=O)c1ccco1)NCC1CCCCC1. The van der Waals surface area contributed by atoms with Crippen molar-refractivity contribution in [3.8, 4) is 0 Å². The van der Waals surface area contributed by atoms with Crippen LogP contribution in [0.3, 0.4) is 0 Å². The summed E-state index contributed by atoms with van der Waals surface area (Å²) in [7, 11) is 0. The quantitative estimate of drug-likeness (QED) is 0.617. The van der Waals surface area contributed by atoms with Crippen LogP contribution in [0.2, 0.25) is 0 Å². The van der Waals surface area contributed by atoms with Gasteiger partial charge in [0.2, 0.25) is 0 Å². The number of esters is 1. The van der Waals surface area contributed by atoms with Gasteiger partial charge in [-0.15, -0.1) is 0 Å². The number of ether oxygens (including phenoxy) is 1. The molecule has 2 N–H and O–H groups in total. The molecule has 1 saturated carbocycles. The van der Waals surface area contributed by atoms with E-state index in [-0.39, 0.29) is 24.7 Å². The Morgan fingerprint density at radius 1 is 1.03 bits per heavy atom. The van der Waals surface area contributed by atoms with Crippen LogP contribution in [-0.2, 0) is 20.7 Å². The Kier molecular flexibility index (Phi) is 8.06. The van der Waals surface area contributed by atoms with Crippen molar-refractivity contribution in [3.05, 3.63) is 60.1 Å². The first-order chi connectivity index (χ1) is 14.6. The highest BCUT2D eigenvalue weighted by Gasteiger charge is 2.25. The molecule has 160 valence electrons. The number of rotatable bonds is 9. The number of furan rings is 1. The van der Waals surface area contributed by atoms with Gasteiger partial charge in [-0.25, -0.2) is 4.79 Å². The molecule has 7 heteroatoms. The van der Waals surface area contributed by atoms with Crippen LogP contribution in [0.5, 0.6) is 0 Å². The fraction of sp³-hybridized carbons (Fsp3) is 0.435. The standard InChI is InChI=1S/C23H28N2O5/c26-21(24-15-18-10-5-2-6-11-18)16-30-23(28)19(14-17-8-3-1-4-9-17)25-22(27)20-12-7-13-29-20/h1,3-4,7-9,12-13,18-19H,2,5-6,10-11,14-16H2,(H,24,26)(H,25,27)/t19-/m0/s1. The van der Waals surface area contributed by atoms with E-state index in [4.69, 9.17) is 9.15 Å². The maximum absolute atomic E-state index is 12.6. The molecule has 1 aromatic carbocycles. The summed E-state index contributed by atoms with van der Waals surface area (Å²) >= 11 is 0. The maximum atomic E-state index is 12.6. The Morgan fingerprint density at radius 3 is 2.50 bits per heavy atom. The van der Waals surface area contributed by atoms with E-state index in [1.807, 2.05) is 30.3 Å². The normalized spacial score (nSPS) is 15.2. The van der Waals surface area contributed by atoms with Gasteiger partial charge >= 0.3 is 5.97 Å². The van der Waals surface area contributed by atoms with E-state index in [1.54, 1.807) is 6.07 Å². The summed E-state index contributed by atoms with van der Waals surface area (Å²) in [4.78, 5) is 37.0. The zero-order valence-electron chi connectivity index (χ0n) is 17.0. The van der Waals surface area contributed by atoms with E-state index in [0.29, 0.717) is 12.5 Å². The third-order valence-corrected chi connectivity index (χ3v) is 5.28. The van der Waals surface area contributed by atoms with E-state index in [2.05, 4.69) is 10.6 Å². The Balaban J connectivity index is 1.52. The Morgan fingerprint density at radius 2 is 1.80 bits per heavy atom. The van der Waals surface area contributed by atoms with Crippen LogP contribution in [0.4, 0.5) is 0 Å². The summed E-state index contributed by atoms with van der Waals surface area (Å²) in [6, 6.07) is 11.5. The molecule has 1 aromatic heterocycles. The van der Waals surface area contributed by atoms with Crippen molar-refractivity contribution in [2.45, 2.75) is 44.6 Å². The summed E-state index contributed by atoms with van der Waals surface area (Å²) in [5.41, 5.74) is 0.862. The second-order valence-electron chi connectivity index (χ2n) is 7.61. The molecule has 0 saturated heterocycles. The molecule has 1 atom stereocenters. The number of hydrogen-bond donors (Lipinski definition) is 2. The minimum atomic E-state index is -0.934. The molecular formula is C23H28N2O5. The van der Waals surface area contributed by atoms with E-state index in [1.165, 1.54) is 31.6 Å². The first-order valence-corrected chi connectivity index (χ1v) is 10.4. The molecule has 2 aromatic rings. The van der Waals surface area contributed by atoms with Gasteiger partial charge in [-0.05, 0) is 36.5 Å². The van der Waals surface area contributed by atoms with Gasteiger partial charge in [0.15, 0.2) is 12.4 Å². The molecule has 0 radical (unpaired) electrons. The second kappa shape index (κ2) is 11.2. The smallest absolute Gasteiger partial charge is 0.329 e. The molecular weight excluding hydrogens is 384 g/mol. The van der Waals surface area contributed by atoms with Crippen molar-refractivity contribution in [2.24, 2.45) is 5.92 Å². The molecule has 0 bridgehead atoms. The van der Waals surface area contributed by atoms with Crippen LogP contribution in [0, 0.1) is 5.92 Å². The van der Waals surface area contributed by atoms with E-state index in [0.717, 1.165) is 18.4 Å². The van der Waals surface area contributed by atoms with Crippen molar-refractivity contribution in [1.29, 1.82) is 0 Å². The highest BCUT2D eigenvalue weighted by molar-refractivity contribution is 5.94. The molecule has 0 unspecified atom stereocenters. The number of hydrogen-bond acceptors (Lipinski definition) is 5. The van der Waals surface area contributed by atoms with Crippen molar-refractivity contribution in [2.75, 3.05) is 13.2 Å². The zero-order valence-corrected chi connectivity index (χ0v) is 17.0. The van der Waals surface area contributed by atoms with E-state index in [9.17, 15) is 14.4 Å². The maximum Gasteiger partial charge on any atom is 0.329 e. The van der Waals surface area contributed by atoms with Crippen LogP contribution in [0.1, 0.15) is 48.2 Å². The van der Waals surface area contributed by atoms with Crippen molar-refractivity contribution >= 4 is 17.8 Å². The number of carbonyl (C=O) groups excluding carboxylic acids is 3. The zero-order chi connectivity index (χ0) is 21.2. The topological polar surface area (TPSA) is 97.6 Å². The van der Waals surface area contributed by atoms with Gasteiger partial charge in [-0.2, -0.15) is 0 Å². The van der Waals surface area contributed by atoms with E-state index >= 15 is 0 Å². The molecule has 1 fully saturated rings. The lowest BCUT2D eigenvalue weighted by Gasteiger charge is -2.22. The minimum Gasteiger partial charge on any atom is -0.459 e. The summed E-state index contributed by atoms with van der Waals surface area (Å²) in [6.07, 6.45) is 7.54. The average molecular weight is 412 g/mol. The molecule has 1 aliphatic rings. The fourth-order valence-electron chi connectivity index (χ4n) is 3.62. The minimum absolute atomic E-state index is 0.103. The number of amides is 2. The van der Waals surface area contributed by atoms with Crippen LogP contribution in [0.15, 0.2) is 53.1 Å². The van der Waals surface area contributed by atoms with Crippen LogP contribution in [-0.4, -0.2) is 37.0 Å². The van der Waals surface area contributed by atoms with Crippen molar-refractivity contribution in [1.82, 2.24) is 10.6 Å². The molecule has 1 heterocycles. The largest absolute Gasteiger partial charge is 0.459 e. The summed E-state index contributed by atoms with van der Waals surface area (Å²) in [5.74, 6) is -0.904. The number of nitrogens with one attached hydrogen (secondary N) is 2. The second-order valence-corrected chi connectivity index (χ2v) is 7.61. The fourth-order valence-corrected chi connectivity index (χ4v) is 3.62. The Hall–Kier alpha value is -3.09. The molecule has 1 aliphatic carbocycles. The van der Waals surface area contributed by atoms with Gasteiger partial charge in [-0.1, -0.05) is 49.6 Å². The first-order valence-electron chi connectivity index (χ1n) is 10.4. The Bertz CT molecular complexity index is 813. The summed E-state index contributed by atoms with van der Waals surface area (Å²) < 4.78 is 10.3. The van der Waals surface area contributed by atoms with E-state index < -0.39 is 17.9 Å². The monoisotopic (exact) mass is 412 g/mol. The predicted molar refractivity (Wildman–Crippen MR) is 111 cm³/mol. The van der Waals surface area contributed by atoms with Crippen LogP contribution in [0.25, 0.3) is 0 Å². The average Bonchev–Trinajstić information content (AvgIpc) is 3.32. The molecule has 2 amide bonds. The summed E-state index contributed by atoms with van der Waals surface area (Å²) in [6.45, 7) is 0.243. The number of carbonyl (C=O) groups is 3. The van der Waals surface area contributed by atoms with Crippen molar-refractivity contribution < 1.29 is 23.5 Å². The number of benzene rings is 1. The van der Waals surface area contributed by atoms with Gasteiger partial charge < -0.3 is 19.8 Å². The van der Waals surface area contributed by atoms with Crippen LogP contribution >= 0.6 is 0 Å². The van der Waals surface area contributed by atoms with Crippen molar-refractivity contribution in [3.63, 3.8) is 0 Å². The molecule has 3 rings (SSSR count). The molecule has 0 aliphatic heterocycles. The van der Waals surface area contributed by atoms with Gasteiger partial charge in [0.25, 0.3) is 11.8 Å². The third kappa shape index (κ3) is 6.76. The molecule has 7 nitrogen and oxygen atoms in total. The van der Waals surface area contributed by atoms with Gasteiger partial charge in [0, 0.05) is 13.0 Å². The van der Waals surface area contributed by atoms with Gasteiger partial charge in [0.1, 0.15) is 6.04 Å². The molecule has 0 spiro atoms. The third-order valence-electron chi connectivity index (χ3n) is 5.28. The van der Waals surface area contributed by atoms with Crippen LogP contribution < -0.4 is 10.6 Å². The lowest BCUT2D eigenvalue weighted by molar-refractivity contribution is -0.150. The van der Waals surface area contributed by atoms with Gasteiger partial charge in [0.05, 0.1) is 6.26 Å². The molecule has 30 heavy (non-hydrogen) atoms. The van der Waals surface area contributed by atoms with Gasteiger partial charge in [-0.3, -0.25) is 9.59 Å². The highest BCUT2D eigenvalue weighted by Crippen LogP contribution is 2.22.